The highest BCUT2D eigenvalue weighted by atomic mass is 16.7. The van der Waals surface area contributed by atoms with E-state index in [-0.39, 0.29) is 28.5 Å². The van der Waals surface area contributed by atoms with Crippen molar-refractivity contribution in [1.82, 2.24) is 5.06 Å². The summed E-state index contributed by atoms with van der Waals surface area (Å²) in [5.74, 6) is -1.74. The molecule has 0 radical (unpaired) electrons. The predicted octanol–water partition coefficient (Wildman–Crippen LogP) is 2.85. The maximum atomic E-state index is 12.6. The number of methoxy groups -OCH3 is 1. The lowest BCUT2D eigenvalue weighted by Gasteiger charge is -2.18. The topological polar surface area (TPSA) is 82.1 Å². The zero-order chi connectivity index (χ0) is 18.8. The van der Waals surface area contributed by atoms with E-state index in [1.165, 1.54) is 25.3 Å². The summed E-state index contributed by atoms with van der Waals surface area (Å²) in [5, 5.41) is 0.464. The van der Waals surface area contributed by atoms with E-state index >= 15 is 0 Å². The average molecular weight is 355 g/mol. The summed E-state index contributed by atoms with van der Waals surface area (Å²) in [6.45, 7) is 3.59. The molecule has 7 heteroatoms. The first-order valence-corrected chi connectivity index (χ1v) is 7.97. The highest BCUT2D eigenvalue weighted by Crippen LogP contribution is 2.33. The molecule has 0 fully saturated rings. The molecule has 134 valence electrons. The molecule has 0 spiro atoms. The number of imide groups is 1. The molecule has 0 saturated heterocycles. The molecule has 26 heavy (non-hydrogen) atoms. The van der Waals surface area contributed by atoms with Crippen LogP contribution in [0.1, 0.15) is 44.9 Å². The highest BCUT2D eigenvalue weighted by molar-refractivity contribution is 6.21. The SMILES string of the molecule is COc1cccc(C(=O)ON2C(=O)c3ccccc3C2=O)c1OC(C)C. The molecule has 0 aliphatic carbocycles. The Hall–Kier alpha value is -3.35. The van der Waals surface area contributed by atoms with Crippen LogP contribution in [0.3, 0.4) is 0 Å². The lowest BCUT2D eigenvalue weighted by Crippen LogP contribution is -2.32. The number of benzene rings is 2. The van der Waals surface area contributed by atoms with E-state index in [9.17, 15) is 14.4 Å². The van der Waals surface area contributed by atoms with Gasteiger partial charge in [-0.25, -0.2) is 4.79 Å². The Balaban J connectivity index is 1.90. The summed E-state index contributed by atoms with van der Waals surface area (Å²) in [4.78, 5) is 42.4. The van der Waals surface area contributed by atoms with Crippen LogP contribution in [0, 0.1) is 0 Å². The lowest BCUT2D eigenvalue weighted by atomic mass is 10.1. The van der Waals surface area contributed by atoms with E-state index < -0.39 is 17.8 Å². The van der Waals surface area contributed by atoms with Crippen LogP contribution in [-0.4, -0.2) is 36.1 Å². The van der Waals surface area contributed by atoms with Crippen molar-refractivity contribution >= 4 is 17.8 Å². The summed E-state index contributed by atoms with van der Waals surface area (Å²) in [6.07, 6.45) is -0.225. The third-order valence-electron chi connectivity index (χ3n) is 3.70. The molecule has 0 atom stereocenters. The summed E-state index contributed by atoms with van der Waals surface area (Å²) >= 11 is 0. The van der Waals surface area contributed by atoms with Gasteiger partial charge in [-0.1, -0.05) is 23.3 Å². The van der Waals surface area contributed by atoms with Gasteiger partial charge in [0, 0.05) is 0 Å². The molecule has 1 aliphatic heterocycles. The molecule has 7 nitrogen and oxygen atoms in total. The van der Waals surface area contributed by atoms with Crippen LogP contribution in [0.4, 0.5) is 0 Å². The second kappa shape index (κ2) is 6.87. The minimum Gasteiger partial charge on any atom is -0.493 e. The zero-order valence-corrected chi connectivity index (χ0v) is 14.5. The number of para-hydroxylation sites is 1. The summed E-state index contributed by atoms with van der Waals surface area (Å²) in [6, 6.07) is 11.0. The molecule has 0 bridgehead atoms. The van der Waals surface area contributed by atoms with Crippen LogP contribution in [-0.2, 0) is 4.84 Å². The van der Waals surface area contributed by atoms with Gasteiger partial charge in [-0.05, 0) is 38.1 Å². The molecule has 3 rings (SSSR count). The molecule has 2 aromatic rings. The van der Waals surface area contributed by atoms with Crippen LogP contribution in [0.25, 0.3) is 0 Å². The molecule has 2 amide bonds. The third-order valence-corrected chi connectivity index (χ3v) is 3.70. The maximum absolute atomic E-state index is 12.6. The fourth-order valence-electron chi connectivity index (χ4n) is 2.58. The van der Waals surface area contributed by atoms with Gasteiger partial charge in [-0.15, -0.1) is 0 Å². The number of hydrogen-bond donors (Lipinski definition) is 0. The van der Waals surface area contributed by atoms with Crippen LogP contribution in [0.15, 0.2) is 42.5 Å². The van der Waals surface area contributed by atoms with Crippen molar-refractivity contribution in [3.8, 4) is 11.5 Å². The smallest absolute Gasteiger partial charge is 0.367 e. The number of rotatable bonds is 5. The molecule has 0 aromatic heterocycles. The Kier molecular flexibility index (Phi) is 4.62. The molecule has 2 aromatic carbocycles. The van der Waals surface area contributed by atoms with Crippen molar-refractivity contribution in [3.63, 3.8) is 0 Å². The summed E-state index contributed by atoms with van der Waals surface area (Å²) in [7, 11) is 1.45. The Morgan fingerprint density at radius 3 is 2.12 bits per heavy atom. The Labute approximate surface area is 150 Å². The van der Waals surface area contributed by atoms with Gasteiger partial charge in [0.05, 0.1) is 24.3 Å². The van der Waals surface area contributed by atoms with E-state index in [1.807, 2.05) is 0 Å². The van der Waals surface area contributed by atoms with E-state index in [0.717, 1.165) is 0 Å². The van der Waals surface area contributed by atoms with Crippen molar-refractivity contribution in [2.45, 2.75) is 20.0 Å². The second-order valence-corrected chi connectivity index (χ2v) is 5.83. The standard InChI is InChI=1S/C19H17NO6/c1-11(2)25-16-14(9-6-10-15(16)24-3)19(23)26-20-17(21)12-7-4-5-8-13(12)18(20)22/h4-11H,1-3H3. The van der Waals surface area contributed by atoms with Crippen molar-refractivity contribution in [1.29, 1.82) is 0 Å². The molecular weight excluding hydrogens is 338 g/mol. The van der Waals surface area contributed by atoms with Crippen molar-refractivity contribution in [2.75, 3.05) is 7.11 Å². The zero-order valence-electron chi connectivity index (χ0n) is 14.5. The molecule has 0 unspecified atom stereocenters. The molecule has 0 N–H and O–H groups in total. The van der Waals surface area contributed by atoms with Gasteiger partial charge in [0.25, 0.3) is 11.8 Å². The minimum atomic E-state index is -0.894. The van der Waals surface area contributed by atoms with Crippen molar-refractivity contribution < 1.29 is 28.7 Å². The van der Waals surface area contributed by atoms with Gasteiger partial charge in [0.2, 0.25) is 0 Å². The molecule has 0 saturated carbocycles. The number of nitrogens with zero attached hydrogens (tertiary/aromatic N) is 1. The highest BCUT2D eigenvalue weighted by Gasteiger charge is 2.39. The number of carbonyl (C=O) groups excluding carboxylic acids is 3. The fourth-order valence-corrected chi connectivity index (χ4v) is 2.58. The van der Waals surface area contributed by atoms with Crippen LogP contribution >= 0.6 is 0 Å². The predicted molar refractivity (Wildman–Crippen MR) is 91.1 cm³/mol. The lowest BCUT2D eigenvalue weighted by molar-refractivity contribution is -0.0587. The second-order valence-electron chi connectivity index (χ2n) is 5.83. The first-order chi connectivity index (χ1) is 12.4. The molecule has 1 aliphatic rings. The van der Waals surface area contributed by atoms with Gasteiger partial charge in [0.1, 0.15) is 5.56 Å². The fraction of sp³-hybridized carbons (Fsp3) is 0.211. The largest absolute Gasteiger partial charge is 0.493 e. The first-order valence-electron chi connectivity index (χ1n) is 7.97. The van der Waals surface area contributed by atoms with Gasteiger partial charge >= 0.3 is 5.97 Å². The van der Waals surface area contributed by atoms with E-state index in [4.69, 9.17) is 14.3 Å². The number of ether oxygens (including phenoxy) is 2. The van der Waals surface area contributed by atoms with E-state index in [2.05, 4.69) is 0 Å². The normalized spacial score (nSPS) is 13.0. The first kappa shape index (κ1) is 17.5. The van der Waals surface area contributed by atoms with E-state index in [1.54, 1.807) is 38.1 Å². The van der Waals surface area contributed by atoms with Gasteiger partial charge in [0.15, 0.2) is 11.5 Å². The van der Waals surface area contributed by atoms with Crippen molar-refractivity contribution in [2.24, 2.45) is 0 Å². The number of hydrogen-bond acceptors (Lipinski definition) is 6. The third kappa shape index (κ3) is 2.99. The summed E-state index contributed by atoms with van der Waals surface area (Å²) < 4.78 is 10.9. The van der Waals surface area contributed by atoms with Gasteiger partial charge < -0.3 is 14.3 Å². The minimum absolute atomic E-state index is 0.0506. The van der Waals surface area contributed by atoms with Crippen LogP contribution in [0.5, 0.6) is 11.5 Å². The maximum Gasteiger partial charge on any atom is 0.367 e. The Bertz CT molecular complexity index is 854. The van der Waals surface area contributed by atoms with Gasteiger partial charge in [-0.3, -0.25) is 9.59 Å². The number of amides is 2. The van der Waals surface area contributed by atoms with Crippen molar-refractivity contribution in [3.05, 3.63) is 59.2 Å². The molecule has 1 heterocycles. The van der Waals surface area contributed by atoms with Gasteiger partial charge in [-0.2, -0.15) is 0 Å². The van der Waals surface area contributed by atoms with Crippen LogP contribution in [0.2, 0.25) is 0 Å². The quantitative estimate of drug-likeness (QED) is 0.767. The monoisotopic (exact) mass is 355 g/mol. The Morgan fingerprint density at radius 1 is 0.962 bits per heavy atom. The molecular formula is C19H17NO6. The number of hydroxylamine groups is 2. The average Bonchev–Trinajstić information content (AvgIpc) is 2.86. The number of carbonyl (C=O) groups is 3. The Morgan fingerprint density at radius 2 is 1.58 bits per heavy atom. The van der Waals surface area contributed by atoms with E-state index in [0.29, 0.717) is 10.8 Å². The number of fused-ring (bicyclic) bond motifs is 1. The summed E-state index contributed by atoms with van der Waals surface area (Å²) in [5.41, 5.74) is 0.429. The van der Waals surface area contributed by atoms with Crippen LogP contribution < -0.4 is 9.47 Å².